The molecule has 0 radical (unpaired) electrons. The third-order valence-electron chi connectivity index (χ3n) is 5.86. The molecule has 1 unspecified atom stereocenters. The van der Waals surface area contributed by atoms with E-state index in [1.54, 1.807) is 31.3 Å². The molecule has 0 saturated carbocycles. The number of nitrogens with one attached hydrogen (secondary N) is 1. The molecular weight excluding hydrogens is 432 g/mol. The highest BCUT2D eigenvalue weighted by Crippen LogP contribution is 2.38. The number of ether oxygens (including phenoxy) is 3. The molecule has 4 rings (SSSR count). The Hall–Kier alpha value is -4.00. The molecule has 7 nitrogen and oxygen atoms in total. The van der Waals surface area contributed by atoms with Crippen LogP contribution in [0, 0.1) is 0 Å². The predicted molar refractivity (Wildman–Crippen MR) is 129 cm³/mol. The van der Waals surface area contributed by atoms with E-state index in [4.69, 9.17) is 14.2 Å². The van der Waals surface area contributed by atoms with Crippen molar-refractivity contribution in [3.05, 3.63) is 83.4 Å². The number of carbonyl (C=O) groups excluding carboxylic acids is 2. The molecule has 2 amide bonds. The number of rotatable bonds is 9. The monoisotopic (exact) mass is 460 g/mol. The van der Waals surface area contributed by atoms with Crippen molar-refractivity contribution in [2.24, 2.45) is 0 Å². The summed E-state index contributed by atoms with van der Waals surface area (Å²) in [4.78, 5) is 28.2. The van der Waals surface area contributed by atoms with E-state index >= 15 is 0 Å². The molecular formula is C27H28N2O5. The van der Waals surface area contributed by atoms with Crippen molar-refractivity contribution < 1.29 is 23.8 Å². The van der Waals surface area contributed by atoms with Gasteiger partial charge in [0.1, 0.15) is 5.75 Å². The second-order valence-corrected chi connectivity index (χ2v) is 7.90. The van der Waals surface area contributed by atoms with Gasteiger partial charge in [0, 0.05) is 12.1 Å². The van der Waals surface area contributed by atoms with Crippen LogP contribution in [0.2, 0.25) is 0 Å². The predicted octanol–water partition coefficient (Wildman–Crippen LogP) is 4.83. The highest BCUT2D eigenvalue weighted by Gasteiger charge is 2.35. The summed E-state index contributed by atoms with van der Waals surface area (Å²) >= 11 is 0. The van der Waals surface area contributed by atoms with E-state index in [-0.39, 0.29) is 18.2 Å². The number of amides is 2. The van der Waals surface area contributed by atoms with Gasteiger partial charge >= 0.3 is 0 Å². The van der Waals surface area contributed by atoms with E-state index in [9.17, 15) is 9.59 Å². The quantitative estimate of drug-likeness (QED) is 0.495. The number of benzene rings is 3. The van der Waals surface area contributed by atoms with Gasteiger partial charge in [0.15, 0.2) is 11.5 Å². The maximum Gasteiger partial charge on any atom is 0.255 e. The van der Waals surface area contributed by atoms with E-state index < -0.39 is 6.04 Å². The van der Waals surface area contributed by atoms with Crippen molar-refractivity contribution in [2.45, 2.75) is 25.9 Å². The Kier molecular flexibility index (Phi) is 7.01. The van der Waals surface area contributed by atoms with Gasteiger partial charge in [-0.3, -0.25) is 9.59 Å². The summed E-state index contributed by atoms with van der Waals surface area (Å²) in [5.41, 5.74) is 2.97. The third-order valence-corrected chi connectivity index (χ3v) is 5.86. The van der Waals surface area contributed by atoms with Gasteiger partial charge in [-0.1, -0.05) is 36.4 Å². The molecule has 0 bridgehead atoms. The van der Waals surface area contributed by atoms with Gasteiger partial charge in [-0.2, -0.15) is 0 Å². The topological polar surface area (TPSA) is 77.1 Å². The van der Waals surface area contributed by atoms with Gasteiger partial charge in [-0.25, -0.2) is 0 Å². The molecule has 0 spiro atoms. The molecule has 1 heterocycles. The highest BCUT2D eigenvalue weighted by molar-refractivity contribution is 5.99. The molecule has 0 saturated heterocycles. The fourth-order valence-electron chi connectivity index (χ4n) is 4.23. The van der Waals surface area contributed by atoms with E-state index in [0.29, 0.717) is 41.7 Å². The lowest BCUT2D eigenvalue weighted by atomic mass is 10.0. The molecule has 1 N–H and O–H groups in total. The summed E-state index contributed by atoms with van der Waals surface area (Å²) in [5.74, 6) is 1.41. The molecule has 3 aromatic rings. The van der Waals surface area contributed by atoms with Crippen molar-refractivity contribution in [1.82, 2.24) is 4.90 Å². The smallest absolute Gasteiger partial charge is 0.255 e. The normalized spacial score (nSPS) is 13.3. The third kappa shape index (κ3) is 4.69. The zero-order valence-corrected chi connectivity index (χ0v) is 19.5. The number of methoxy groups -OCH3 is 2. The number of nitrogens with zero attached hydrogens (tertiary/aromatic N) is 1. The summed E-state index contributed by atoms with van der Waals surface area (Å²) in [7, 11) is 3.13. The minimum Gasteiger partial charge on any atom is -0.495 e. The fourth-order valence-corrected chi connectivity index (χ4v) is 4.23. The van der Waals surface area contributed by atoms with Crippen LogP contribution in [0.4, 0.5) is 5.69 Å². The van der Waals surface area contributed by atoms with Gasteiger partial charge in [0.05, 0.1) is 39.0 Å². The number of hydrogen-bond acceptors (Lipinski definition) is 5. The van der Waals surface area contributed by atoms with Gasteiger partial charge < -0.3 is 24.4 Å². The number of fused-ring (bicyclic) bond motifs is 1. The van der Waals surface area contributed by atoms with E-state index in [1.807, 2.05) is 61.5 Å². The number of para-hydroxylation sites is 2. The summed E-state index contributed by atoms with van der Waals surface area (Å²) in [5, 5.41) is 2.92. The zero-order chi connectivity index (χ0) is 24.1. The lowest BCUT2D eigenvalue weighted by molar-refractivity contribution is -0.117. The molecule has 176 valence electrons. The van der Waals surface area contributed by atoms with Crippen molar-refractivity contribution in [3.8, 4) is 17.2 Å². The van der Waals surface area contributed by atoms with Gasteiger partial charge in [0.25, 0.3) is 5.91 Å². The van der Waals surface area contributed by atoms with Crippen molar-refractivity contribution >= 4 is 17.5 Å². The second-order valence-electron chi connectivity index (χ2n) is 7.90. The zero-order valence-electron chi connectivity index (χ0n) is 19.5. The van der Waals surface area contributed by atoms with E-state index in [0.717, 1.165) is 11.1 Å². The summed E-state index contributed by atoms with van der Waals surface area (Å²) in [6.45, 7) is 2.83. The molecule has 0 aromatic heterocycles. The van der Waals surface area contributed by atoms with Crippen LogP contribution in [0.15, 0.2) is 66.7 Å². The molecule has 1 atom stereocenters. The lowest BCUT2D eigenvalue weighted by Gasteiger charge is -2.28. The highest BCUT2D eigenvalue weighted by atomic mass is 16.5. The number of carbonyl (C=O) groups is 2. The van der Waals surface area contributed by atoms with Crippen LogP contribution in [0.3, 0.4) is 0 Å². The first kappa shape index (κ1) is 23.2. The summed E-state index contributed by atoms with van der Waals surface area (Å²) in [6, 6.07) is 19.8. The molecule has 7 heteroatoms. The van der Waals surface area contributed by atoms with Crippen LogP contribution in [-0.2, 0) is 11.3 Å². The number of hydrogen-bond donors (Lipinski definition) is 1. The van der Waals surface area contributed by atoms with Gasteiger partial charge in [-0.05, 0) is 48.4 Å². The minimum absolute atomic E-state index is 0.0644. The maximum atomic E-state index is 13.3. The fraction of sp³-hybridized carbons (Fsp3) is 0.259. The SMILES string of the molecule is CCOc1ccc(C(CC(=O)Nc2ccccc2OC)N2Cc3ccccc3C2=O)cc1OC. The Labute approximate surface area is 199 Å². The van der Waals surface area contributed by atoms with Crippen LogP contribution in [0.5, 0.6) is 17.2 Å². The van der Waals surface area contributed by atoms with Crippen LogP contribution in [0.1, 0.15) is 40.9 Å². The van der Waals surface area contributed by atoms with Crippen molar-refractivity contribution in [2.75, 3.05) is 26.1 Å². The lowest BCUT2D eigenvalue weighted by Crippen LogP contribution is -2.32. The van der Waals surface area contributed by atoms with Crippen molar-refractivity contribution in [3.63, 3.8) is 0 Å². The largest absolute Gasteiger partial charge is 0.495 e. The van der Waals surface area contributed by atoms with Gasteiger partial charge in [0.2, 0.25) is 5.91 Å². The molecule has 0 fully saturated rings. The Balaban J connectivity index is 1.66. The minimum atomic E-state index is -0.501. The van der Waals surface area contributed by atoms with Crippen LogP contribution in [0.25, 0.3) is 0 Å². The Morgan fingerprint density at radius 2 is 1.71 bits per heavy atom. The molecule has 0 aliphatic carbocycles. The molecule has 1 aliphatic rings. The van der Waals surface area contributed by atoms with E-state index in [1.165, 1.54) is 0 Å². The standard InChI is InChI=1S/C27H28N2O5/c1-4-34-24-14-13-18(15-25(24)33-3)22(29-17-19-9-5-6-10-20(19)27(29)31)16-26(30)28-21-11-7-8-12-23(21)32-2/h5-15,22H,4,16-17H2,1-3H3,(H,28,30). The van der Waals surface area contributed by atoms with Crippen molar-refractivity contribution in [1.29, 1.82) is 0 Å². The first-order valence-corrected chi connectivity index (χ1v) is 11.2. The molecule has 1 aliphatic heterocycles. The van der Waals surface area contributed by atoms with Crippen LogP contribution < -0.4 is 19.5 Å². The first-order valence-electron chi connectivity index (χ1n) is 11.2. The Morgan fingerprint density at radius 3 is 2.44 bits per heavy atom. The first-order chi connectivity index (χ1) is 16.5. The van der Waals surface area contributed by atoms with E-state index in [2.05, 4.69) is 5.32 Å². The average Bonchev–Trinajstić information content (AvgIpc) is 3.19. The van der Waals surface area contributed by atoms with Gasteiger partial charge in [-0.15, -0.1) is 0 Å². The second kappa shape index (κ2) is 10.3. The Morgan fingerprint density at radius 1 is 0.971 bits per heavy atom. The summed E-state index contributed by atoms with van der Waals surface area (Å²) in [6.07, 6.45) is 0.0644. The van der Waals surface area contributed by atoms with Crippen LogP contribution in [-0.4, -0.2) is 37.5 Å². The molecule has 3 aromatic carbocycles. The Bertz CT molecular complexity index is 1190. The summed E-state index contributed by atoms with van der Waals surface area (Å²) < 4.78 is 16.5. The average molecular weight is 461 g/mol. The van der Waals surface area contributed by atoms with Crippen LogP contribution >= 0.6 is 0 Å². The number of anilines is 1. The maximum absolute atomic E-state index is 13.3. The molecule has 34 heavy (non-hydrogen) atoms.